The second kappa shape index (κ2) is 7.81. The van der Waals surface area contributed by atoms with Crippen molar-refractivity contribution in [1.82, 2.24) is 0 Å². The summed E-state index contributed by atoms with van der Waals surface area (Å²) in [5, 5.41) is 0.242. The average Bonchev–Trinajstić information content (AvgIpc) is 2.90. The monoisotopic (exact) mass is 384 g/mol. The summed E-state index contributed by atoms with van der Waals surface area (Å²) in [6.45, 7) is 0. The van der Waals surface area contributed by atoms with Gasteiger partial charge in [0.2, 0.25) is 0 Å². The Morgan fingerprint density at radius 3 is 2.27 bits per heavy atom. The van der Waals surface area contributed by atoms with E-state index in [9.17, 15) is 9.59 Å². The molecular formula is C20H17ClN2O2S. The lowest BCUT2D eigenvalue weighted by atomic mass is 10.2. The average molecular weight is 385 g/mol. The molecule has 1 fully saturated rings. The Hall–Kier alpha value is -2.50. The van der Waals surface area contributed by atoms with E-state index in [1.165, 1.54) is 0 Å². The Kier molecular flexibility index (Phi) is 5.49. The number of anilines is 2. The van der Waals surface area contributed by atoms with E-state index in [1.54, 1.807) is 36.4 Å². The van der Waals surface area contributed by atoms with E-state index in [0.717, 1.165) is 27.9 Å². The number of imide groups is 1. The summed E-state index contributed by atoms with van der Waals surface area (Å²) in [5.74, 6) is -0.324. The number of allylic oxidation sites excluding steroid dienone is 2. The molecule has 0 saturated carbocycles. The van der Waals surface area contributed by atoms with E-state index in [-0.39, 0.29) is 11.1 Å². The molecule has 2 amide bonds. The van der Waals surface area contributed by atoms with Crippen LogP contribution in [0.25, 0.3) is 6.08 Å². The van der Waals surface area contributed by atoms with Crippen LogP contribution in [0.4, 0.5) is 16.2 Å². The number of nitrogens with zero attached hydrogens (tertiary/aromatic N) is 2. The maximum atomic E-state index is 12.5. The molecule has 6 heteroatoms. The van der Waals surface area contributed by atoms with Crippen LogP contribution in [0.1, 0.15) is 5.56 Å². The van der Waals surface area contributed by atoms with Crippen LogP contribution >= 0.6 is 23.4 Å². The topological polar surface area (TPSA) is 40.6 Å². The summed E-state index contributed by atoms with van der Waals surface area (Å²) < 4.78 is 0. The number of benzene rings is 2. The van der Waals surface area contributed by atoms with E-state index in [1.807, 2.05) is 49.3 Å². The van der Waals surface area contributed by atoms with Crippen LogP contribution in [-0.4, -0.2) is 25.2 Å². The van der Waals surface area contributed by atoms with Gasteiger partial charge in [0.25, 0.3) is 11.1 Å². The third kappa shape index (κ3) is 4.00. The van der Waals surface area contributed by atoms with Crippen molar-refractivity contribution in [2.24, 2.45) is 0 Å². The maximum Gasteiger partial charge on any atom is 0.298 e. The Balaban J connectivity index is 1.74. The smallest absolute Gasteiger partial charge is 0.298 e. The second-order valence-corrected chi connectivity index (χ2v) is 7.29. The van der Waals surface area contributed by atoms with E-state index in [4.69, 9.17) is 11.6 Å². The molecule has 1 saturated heterocycles. The van der Waals surface area contributed by atoms with Gasteiger partial charge in [-0.3, -0.25) is 9.59 Å². The van der Waals surface area contributed by atoms with E-state index in [2.05, 4.69) is 0 Å². The second-order valence-electron chi connectivity index (χ2n) is 5.86. The first-order valence-corrected chi connectivity index (χ1v) is 9.13. The van der Waals surface area contributed by atoms with Gasteiger partial charge in [0, 0.05) is 24.8 Å². The highest BCUT2D eigenvalue weighted by atomic mass is 35.5. The number of rotatable bonds is 4. The predicted octanol–water partition coefficient (Wildman–Crippen LogP) is 5.20. The summed E-state index contributed by atoms with van der Waals surface area (Å²) in [4.78, 5) is 28.3. The standard InChI is InChI=1S/C20H17ClN2O2S/c1-22(2)16-10-6-14(7-11-16)4-3-5-18-19(24)23(20(25)26-18)17-12-8-15(21)9-13-17/h3-13H,1-2H3. The molecule has 0 atom stereocenters. The third-order valence-corrected chi connectivity index (χ3v) is 4.96. The van der Waals surface area contributed by atoms with Gasteiger partial charge in [0.05, 0.1) is 10.6 Å². The quantitative estimate of drug-likeness (QED) is 0.679. The van der Waals surface area contributed by atoms with Crippen LogP contribution in [0.15, 0.2) is 65.6 Å². The molecule has 4 nitrogen and oxygen atoms in total. The molecule has 0 aliphatic carbocycles. The van der Waals surface area contributed by atoms with Gasteiger partial charge in [-0.15, -0.1) is 0 Å². The molecule has 0 aromatic heterocycles. The van der Waals surface area contributed by atoms with E-state index >= 15 is 0 Å². The molecule has 1 aliphatic heterocycles. The number of hydrogen-bond acceptors (Lipinski definition) is 4. The van der Waals surface area contributed by atoms with Gasteiger partial charge in [-0.2, -0.15) is 0 Å². The molecule has 0 N–H and O–H groups in total. The van der Waals surface area contributed by atoms with Crippen molar-refractivity contribution in [1.29, 1.82) is 0 Å². The lowest BCUT2D eigenvalue weighted by Gasteiger charge is -2.12. The summed E-state index contributed by atoms with van der Waals surface area (Å²) >= 11 is 6.79. The largest absolute Gasteiger partial charge is 0.378 e. The SMILES string of the molecule is CN(C)c1ccc(C=CC=C2SC(=O)N(c3ccc(Cl)cc3)C2=O)cc1. The van der Waals surface area contributed by atoms with E-state index < -0.39 is 0 Å². The number of carbonyl (C=O) groups excluding carboxylic acids is 2. The molecule has 1 aliphatic rings. The Bertz CT molecular complexity index is 887. The number of thioether (sulfide) groups is 1. The van der Waals surface area contributed by atoms with Gasteiger partial charge in [0.15, 0.2) is 0 Å². The minimum atomic E-state index is -0.324. The molecule has 0 unspecified atom stereocenters. The predicted molar refractivity (Wildman–Crippen MR) is 110 cm³/mol. The van der Waals surface area contributed by atoms with Crippen LogP contribution in [0, 0.1) is 0 Å². The normalized spacial score (nSPS) is 16.1. The third-order valence-electron chi connectivity index (χ3n) is 3.82. The van der Waals surface area contributed by atoms with Crippen LogP contribution in [-0.2, 0) is 4.79 Å². The molecule has 26 heavy (non-hydrogen) atoms. The Labute approximate surface area is 161 Å². The first kappa shape index (κ1) is 18.3. The first-order chi connectivity index (χ1) is 12.5. The van der Waals surface area contributed by atoms with Crippen LogP contribution in [0.5, 0.6) is 0 Å². The van der Waals surface area contributed by atoms with Crippen molar-refractivity contribution < 1.29 is 9.59 Å². The summed E-state index contributed by atoms with van der Waals surface area (Å²) in [5.41, 5.74) is 2.65. The first-order valence-electron chi connectivity index (χ1n) is 7.93. The highest BCUT2D eigenvalue weighted by Crippen LogP contribution is 2.34. The molecule has 132 valence electrons. The summed E-state index contributed by atoms with van der Waals surface area (Å²) in [7, 11) is 3.98. The minimum absolute atomic E-state index is 0.313. The zero-order valence-electron chi connectivity index (χ0n) is 14.3. The summed E-state index contributed by atoms with van der Waals surface area (Å²) in [6, 6.07) is 14.7. The van der Waals surface area contributed by atoms with E-state index in [0.29, 0.717) is 15.6 Å². The Morgan fingerprint density at radius 1 is 1.00 bits per heavy atom. The fraction of sp³-hybridized carbons (Fsp3) is 0.100. The fourth-order valence-corrected chi connectivity index (χ4v) is 3.34. The van der Waals surface area contributed by atoms with Gasteiger partial charge in [0.1, 0.15) is 0 Å². The zero-order chi connectivity index (χ0) is 18.7. The molecule has 0 spiro atoms. The number of carbonyl (C=O) groups is 2. The maximum absolute atomic E-state index is 12.5. The molecule has 2 aromatic carbocycles. The zero-order valence-corrected chi connectivity index (χ0v) is 15.9. The number of halogens is 1. The Morgan fingerprint density at radius 2 is 1.65 bits per heavy atom. The van der Waals surface area contributed by atoms with Crippen molar-refractivity contribution in [2.45, 2.75) is 0 Å². The minimum Gasteiger partial charge on any atom is -0.378 e. The van der Waals surface area contributed by atoms with Gasteiger partial charge in [-0.25, -0.2) is 4.90 Å². The fourth-order valence-electron chi connectivity index (χ4n) is 2.42. The molecule has 1 heterocycles. The van der Waals surface area contributed by atoms with Crippen LogP contribution < -0.4 is 9.80 Å². The molecule has 2 aromatic rings. The van der Waals surface area contributed by atoms with Crippen molar-refractivity contribution in [2.75, 3.05) is 23.9 Å². The van der Waals surface area contributed by atoms with Crippen LogP contribution in [0.2, 0.25) is 5.02 Å². The highest BCUT2D eigenvalue weighted by Gasteiger charge is 2.35. The van der Waals surface area contributed by atoms with Gasteiger partial charge in [-0.1, -0.05) is 35.9 Å². The van der Waals surface area contributed by atoms with Crippen molar-refractivity contribution in [3.8, 4) is 0 Å². The lowest BCUT2D eigenvalue weighted by Crippen LogP contribution is -2.27. The van der Waals surface area contributed by atoms with Gasteiger partial charge >= 0.3 is 0 Å². The molecule has 0 bridgehead atoms. The van der Waals surface area contributed by atoms with Crippen molar-refractivity contribution in [3.63, 3.8) is 0 Å². The van der Waals surface area contributed by atoms with Crippen LogP contribution in [0.3, 0.4) is 0 Å². The highest BCUT2D eigenvalue weighted by molar-refractivity contribution is 8.18. The molecular weight excluding hydrogens is 368 g/mol. The van der Waals surface area contributed by atoms with Crippen molar-refractivity contribution in [3.05, 3.63) is 76.2 Å². The summed E-state index contributed by atoms with van der Waals surface area (Å²) in [6.07, 6.45) is 5.35. The number of hydrogen-bond donors (Lipinski definition) is 0. The molecule has 0 radical (unpaired) electrons. The number of amides is 2. The molecule has 3 rings (SSSR count). The van der Waals surface area contributed by atoms with Gasteiger partial charge < -0.3 is 4.90 Å². The van der Waals surface area contributed by atoms with Crippen molar-refractivity contribution >= 4 is 52.0 Å². The van der Waals surface area contributed by atoms with Gasteiger partial charge in [-0.05, 0) is 59.8 Å². The lowest BCUT2D eigenvalue weighted by molar-refractivity contribution is -0.113.